The van der Waals surface area contributed by atoms with Crippen molar-refractivity contribution in [1.29, 1.82) is 0 Å². The zero-order valence-electron chi connectivity index (χ0n) is 9.68. The molecule has 16 heavy (non-hydrogen) atoms. The van der Waals surface area contributed by atoms with Crippen molar-refractivity contribution in [2.45, 2.75) is 38.8 Å². The van der Waals surface area contributed by atoms with E-state index in [2.05, 4.69) is 6.08 Å². The third kappa shape index (κ3) is 1.72. The fourth-order valence-electron chi connectivity index (χ4n) is 2.68. The number of carbonyl (C=O) groups excluding carboxylic acids is 2. The summed E-state index contributed by atoms with van der Waals surface area (Å²) in [6, 6.07) is -0.277. The number of amides is 1. The molecular weight excluding hydrogens is 206 g/mol. The molecule has 0 saturated carbocycles. The lowest BCUT2D eigenvalue weighted by molar-refractivity contribution is -0.125. The third-order valence-corrected chi connectivity index (χ3v) is 3.33. The van der Waals surface area contributed by atoms with Gasteiger partial charge >= 0.3 is 6.09 Å². The molecule has 1 saturated heterocycles. The van der Waals surface area contributed by atoms with E-state index in [9.17, 15) is 9.59 Å². The number of hydrogen-bond acceptors (Lipinski definition) is 3. The largest absolute Gasteiger partial charge is 0.450 e. The zero-order chi connectivity index (χ0) is 11.7. The Morgan fingerprint density at radius 1 is 1.38 bits per heavy atom. The number of Topliss-reactive ketones (excluding diaryl/α,β-unsaturated/α-hetero) is 1. The van der Waals surface area contributed by atoms with Crippen LogP contribution in [0, 0.1) is 5.92 Å². The van der Waals surface area contributed by atoms with Gasteiger partial charge in [0.1, 0.15) is 6.04 Å². The van der Waals surface area contributed by atoms with E-state index in [1.807, 2.05) is 6.08 Å². The molecule has 2 aliphatic heterocycles. The third-order valence-electron chi connectivity index (χ3n) is 3.33. The van der Waals surface area contributed by atoms with E-state index < -0.39 is 0 Å². The van der Waals surface area contributed by atoms with Gasteiger partial charge in [0.25, 0.3) is 0 Å². The highest BCUT2D eigenvalue weighted by atomic mass is 16.6. The molecule has 0 aromatic heterocycles. The Labute approximate surface area is 95.2 Å². The first-order valence-electron chi connectivity index (χ1n) is 5.79. The number of ketones is 1. The van der Waals surface area contributed by atoms with Gasteiger partial charge < -0.3 is 4.74 Å². The lowest BCUT2D eigenvalue weighted by atomic mass is 9.78. The van der Waals surface area contributed by atoms with Gasteiger partial charge in [-0.25, -0.2) is 4.79 Å². The number of nitrogens with zero attached hydrogens (tertiary/aromatic N) is 1. The van der Waals surface area contributed by atoms with Crippen molar-refractivity contribution in [3.8, 4) is 0 Å². The van der Waals surface area contributed by atoms with Gasteiger partial charge in [0.05, 0.1) is 12.6 Å². The highest BCUT2D eigenvalue weighted by molar-refractivity contribution is 5.87. The Kier molecular flexibility index (Phi) is 2.99. The van der Waals surface area contributed by atoms with E-state index in [-0.39, 0.29) is 29.9 Å². The van der Waals surface area contributed by atoms with E-state index in [0.717, 1.165) is 12.8 Å². The summed E-state index contributed by atoms with van der Waals surface area (Å²) in [6.07, 6.45) is 5.65. The summed E-state index contributed by atoms with van der Waals surface area (Å²) in [4.78, 5) is 25.1. The summed E-state index contributed by atoms with van der Waals surface area (Å²) < 4.78 is 5.02. The van der Waals surface area contributed by atoms with Crippen LogP contribution in [0.1, 0.15) is 26.7 Å². The van der Waals surface area contributed by atoms with E-state index >= 15 is 0 Å². The molecule has 0 N–H and O–H groups in total. The maximum Gasteiger partial charge on any atom is 0.410 e. The second-order valence-corrected chi connectivity index (χ2v) is 4.36. The second kappa shape index (κ2) is 4.28. The highest BCUT2D eigenvalue weighted by Crippen LogP contribution is 2.35. The smallest absolute Gasteiger partial charge is 0.410 e. The van der Waals surface area contributed by atoms with Crippen LogP contribution in [0.2, 0.25) is 0 Å². The van der Waals surface area contributed by atoms with Crippen LogP contribution in [0.15, 0.2) is 12.2 Å². The molecule has 88 valence electrons. The van der Waals surface area contributed by atoms with Gasteiger partial charge in [-0.15, -0.1) is 0 Å². The molecule has 1 amide bonds. The van der Waals surface area contributed by atoms with Gasteiger partial charge in [-0.05, 0) is 26.7 Å². The molecule has 4 nitrogen and oxygen atoms in total. The van der Waals surface area contributed by atoms with E-state index in [1.54, 1.807) is 18.7 Å². The van der Waals surface area contributed by atoms with Gasteiger partial charge in [-0.3, -0.25) is 9.69 Å². The molecule has 2 bridgehead atoms. The van der Waals surface area contributed by atoms with Crippen LogP contribution in [0.5, 0.6) is 0 Å². The van der Waals surface area contributed by atoms with Crippen molar-refractivity contribution in [2.24, 2.45) is 5.92 Å². The first-order chi connectivity index (χ1) is 7.65. The molecule has 1 aliphatic carbocycles. The lowest BCUT2D eigenvalue weighted by Gasteiger charge is -2.46. The lowest BCUT2D eigenvalue weighted by Crippen LogP contribution is -2.58. The molecule has 2 heterocycles. The van der Waals surface area contributed by atoms with Gasteiger partial charge in [0.15, 0.2) is 5.78 Å². The number of hydrogen-bond donors (Lipinski definition) is 0. The number of piperidine rings is 1. The number of fused-ring (bicyclic) bond motifs is 2. The number of ether oxygens (including phenoxy) is 1. The predicted molar refractivity (Wildman–Crippen MR) is 59.0 cm³/mol. The van der Waals surface area contributed by atoms with Gasteiger partial charge in [0, 0.05) is 5.92 Å². The number of carbonyl (C=O) groups is 2. The van der Waals surface area contributed by atoms with Gasteiger partial charge in [-0.1, -0.05) is 12.2 Å². The highest BCUT2D eigenvalue weighted by Gasteiger charge is 2.44. The predicted octanol–water partition coefficient (Wildman–Crippen LogP) is 1.75. The summed E-state index contributed by atoms with van der Waals surface area (Å²) in [5, 5.41) is 0. The van der Waals surface area contributed by atoms with Crippen LogP contribution in [0.3, 0.4) is 0 Å². The van der Waals surface area contributed by atoms with E-state index in [4.69, 9.17) is 4.74 Å². The summed E-state index contributed by atoms with van der Waals surface area (Å²) >= 11 is 0. The first-order valence-corrected chi connectivity index (χ1v) is 5.79. The standard InChI is InChI=1S/C12H17NO3/c1-3-16-12(15)13-10-6-4-9(5-7-10)11(13)8(2)14/h4,6,9-11H,3,5,7H2,1-2H3. The van der Waals surface area contributed by atoms with Crippen molar-refractivity contribution in [3.63, 3.8) is 0 Å². The molecule has 3 aliphatic rings. The minimum Gasteiger partial charge on any atom is -0.450 e. The summed E-state index contributed by atoms with van der Waals surface area (Å²) in [6.45, 7) is 3.67. The fraction of sp³-hybridized carbons (Fsp3) is 0.667. The van der Waals surface area contributed by atoms with Gasteiger partial charge in [0.2, 0.25) is 0 Å². The quantitative estimate of drug-likeness (QED) is 0.670. The van der Waals surface area contributed by atoms with Crippen LogP contribution in [0.4, 0.5) is 4.79 Å². The molecule has 0 aromatic rings. The second-order valence-electron chi connectivity index (χ2n) is 4.36. The Balaban J connectivity index is 2.24. The summed E-state index contributed by atoms with van der Waals surface area (Å²) in [5.41, 5.74) is 0. The Bertz CT molecular complexity index is 337. The SMILES string of the molecule is CCOC(=O)N1C2C=CC(CC2)C1C(C)=O. The maximum atomic E-state index is 11.8. The fourth-order valence-corrected chi connectivity index (χ4v) is 2.68. The summed E-state index contributed by atoms with van der Waals surface area (Å²) in [7, 11) is 0. The molecule has 3 unspecified atom stereocenters. The average molecular weight is 223 g/mol. The van der Waals surface area contributed by atoms with Crippen molar-refractivity contribution < 1.29 is 14.3 Å². The minimum absolute atomic E-state index is 0.0398. The molecule has 0 spiro atoms. The minimum atomic E-state index is -0.359. The Hall–Kier alpha value is -1.32. The van der Waals surface area contributed by atoms with Crippen molar-refractivity contribution >= 4 is 11.9 Å². The monoisotopic (exact) mass is 223 g/mol. The van der Waals surface area contributed by atoms with Crippen molar-refractivity contribution in [3.05, 3.63) is 12.2 Å². The normalized spacial score (nSPS) is 31.6. The zero-order valence-corrected chi connectivity index (χ0v) is 9.68. The first kappa shape index (κ1) is 11.2. The molecule has 3 rings (SSSR count). The van der Waals surface area contributed by atoms with Crippen LogP contribution in [0.25, 0.3) is 0 Å². The van der Waals surface area contributed by atoms with Crippen LogP contribution in [-0.4, -0.2) is 35.5 Å². The Morgan fingerprint density at radius 3 is 2.62 bits per heavy atom. The molecule has 1 fully saturated rings. The van der Waals surface area contributed by atoms with Crippen LogP contribution < -0.4 is 0 Å². The van der Waals surface area contributed by atoms with E-state index in [1.165, 1.54) is 0 Å². The Morgan fingerprint density at radius 2 is 2.12 bits per heavy atom. The van der Waals surface area contributed by atoms with Gasteiger partial charge in [-0.2, -0.15) is 0 Å². The average Bonchev–Trinajstić information content (AvgIpc) is 2.29. The van der Waals surface area contributed by atoms with Crippen LogP contribution in [-0.2, 0) is 9.53 Å². The van der Waals surface area contributed by atoms with Crippen LogP contribution >= 0.6 is 0 Å². The topological polar surface area (TPSA) is 46.6 Å². The molecule has 4 heteroatoms. The molecular formula is C12H17NO3. The van der Waals surface area contributed by atoms with Crippen molar-refractivity contribution in [2.75, 3.05) is 6.61 Å². The summed E-state index contributed by atoms with van der Waals surface area (Å²) in [5.74, 6) is 0.221. The maximum absolute atomic E-state index is 11.8. The molecule has 0 aromatic carbocycles. The van der Waals surface area contributed by atoms with E-state index in [0.29, 0.717) is 6.61 Å². The van der Waals surface area contributed by atoms with Crippen molar-refractivity contribution in [1.82, 2.24) is 4.90 Å². The molecule has 3 atom stereocenters. The number of rotatable bonds is 2. The molecule has 0 radical (unpaired) electrons.